The van der Waals surface area contributed by atoms with Crippen molar-refractivity contribution in [1.82, 2.24) is 5.32 Å². The standard InChI is InChI=1S/C13H21N3O/c14-8-4-5-9-16-13(17)10-12(15)11-6-2-1-3-7-11/h1-3,6-7,12H,4-5,8-10,14-15H2,(H,16,17). The van der Waals surface area contributed by atoms with Crippen LogP contribution in [0.25, 0.3) is 0 Å². The lowest BCUT2D eigenvalue weighted by atomic mass is 10.0. The van der Waals surface area contributed by atoms with Crippen molar-refractivity contribution in [2.24, 2.45) is 11.5 Å². The van der Waals surface area contributed by atoms with Crippen LogP contribution in [-0.2, 0) is 4.79 Å². The summed E-state index contributed by atoms with van der Waals surface area (Å²) < 4.78 is 0. The zero-order valence-electron chi connectivity index (χ0n) is 10.1. The van der Waals surface area contributed by atoms with Gasteiger partial charge in [0.2, 0.25) is 5.91 Å². The van der Waals surface area contributed by atoms with Gasteiger partial charge >= 0.3 is 0 Å². The van der Waals surface area contributed by atoms with Crippen LogP contribution in [0, 0.1) is 0 Å². The van der Waals surface area contributed by atoms with E-state index in [9.17, 15) is 4.79 Å². The number of rotatable bonds is 7. The first kappa shape index (κ1) is 13.7. The predicted octanol–water partition coefficient (Wildman–Crippen LogP) is 0.932. The van der Waals surface area contributed by atoms with Crippen molar-refractivity contribution < 1.29 is 4.79 Å². The third-order valence-corrected chi connectivity index (χ3v) is 2.59. The Morgan fingerprint density at radius 1 is 1.24 bits per heavy atom. The molecule has 1 amide bonds. The Balaban J connectivity index is 2.26. The molecule has 1 atom stereocenters. The first-order chi connectivity index (χ1) is 8.24. The van der Waals surface area contributed by atoms with E-state index in [0.717, 1.165) is 18.4 Å². The molecule has 0 aliphatic carbocycles. The number of benzene rings is 1. The molecule has 0 aliphatic heterocycles. The van der Waals surface area contributed by atoms with Gasteiger partial charge in [-0.25, -0.2) is 0 Å². The maximum Gasteiger partial charge on any atom is 0.221 e. The zero-order chi connectivity index (χ0) is 12.5. The number of carbonyl (C=O) groups is 1. The number of unbranched alkanes of at least 4 members (excludes halogenated alkanes) is 1. The molecule has 1 unspecified atom stereocenters. The number of nitrogens with one attached hydrogen (secondary N) is 1. The van der Waals surface area contributed by atoms with E-state index in [1.54, 1.807) is 0 Å². The van der Waals surface area contributed by atoms with Crippen molar-refractivity contribution in [3.8, 4) is 0 Å². The molecule has 0 saturated heterocycles. The molecule has 0 fully saturated rings. The molecule has 94 valence electrons. The summed E-state index contributed by atoms with van der Waals surface area (Å²) in [7, 11) is 0. The fourth-order valence-corrected chi connectivity index (χ4v) is 1.59. The SMILES string of the molecule is NCCCCNC(=O)CC(N)c1ccccc1. The van der Waals surface area contributed by atoms with E-state index in [-0.39, 0.29) is 11.9 Å². The van der Waals surface area contributed by atoms with Crippen molar-refractivity contribution in [2.75, 3.05) is 13.1 Å². The molecule has 1 aromatic carbocycles. The second kappa shape index (κ2) is 7.81. The fraction of sp³-hybridized carbons (Fsp3) is 0.462. The highest BCUT2D eigenvalue weighted by Crippen LogP contribution is 2.12. The van der Waals surface area contributed by atoms with Gasteiger partial charge in [0.15, 0.2) is 0 Å². The van der Waals surface area contributed by atoms with E-state index in [4.69, 9.17) is 11.5 Å². The van der Waals surface area contributed by atoms with E-state index in [1.807, 2.05) is 30.3 Å². The number of nitrogens with two attached hydrogens (primary N) is 2. The van der Waals surface area contributed by atoms with Gasteiger partial charge in [0.1, 0.15) is 0 Å². The van der Waals surface area contributed by atoms with Gasteiger partial charge in [-0.2, -0.15) is 0 Å². The second-order valence-corrected chi connectivity index (χ2v) is 4.07. The Hall–Kier alpha value is -1.39. The number of hydrogen-bond acceptors (Lipinski definition) is 3. The number of carbonyl (C=O) groups excluding carboxylic acids is 1. The van der Waals surface area contributed by atoms with Crippen LogP contribution < -0.4 is 16.8 Å². The minimum Gasteiger partial charge on any atom is -0.356 e. The molecule has 4 nitrogen and oxygen atoms in total. The minimum absolute atomic E-state index is 0.00151. The summed E-state index contributed by atoms with van der Waals surface area (Å²) in [6, 6.07) is 9.43. The second-order valence-electron chi connectivity index (χ2n) is 4.07. The molecule has 0 heterocycles. The molecule has 0 aromatic heterocycles. The average molecular weight is 235 g/mol. The third kappa shape index (κ3) is 5.47. The smallest absolute Gasteiger partial charge is 0.221 e. The van der Waals surface area contributed by atoms with Crippen molar-refractivity contribution in [3.63, 3.8) is 0 Å². The lowest BCUT2D eigenvalue weighted by Gasteiger charge is -2.11. The Morgan fingerprint density at radius 2 is 1.94 bits per heavy atom. The highest BCUT2D eigenvalue weighted by molar-refractivity contribution is 5.76. The van der Waals surface area contributed by atoms with Gasteiger partial charge in [-0.15, -0.1) is 0 Å². The van der Waals surface area contributed by atoms with Crippen LogP contribution in [0.3, 0.4) is 0 Å². The summed E-state index contributed by atoms with van der Waals surface area (Å²) >= 11 is 0. The number of amides is 1. The molecule has 1 rings (SSSR count). The summed E-state index contributed by atoms with van der Waals surface area (Å²) in [6.07, 6.45) is 2.18. The van der Waals surface area contributed by atoms with Crippen LogP contribution in [0.15, 0.2) is 30.3 Å². The Labute approximate surface area is 102 Å². The van der Waals surface area contributed by atoms with E-state index in [2.05, 4.69) is 5.32 Å². The molecule has 0 saturated carbocycles. The van der Waals surface area contributed by atoms with Crippen LogP contribution >= 0.6 is 0 Å². The predicted molar refractivity (Wildman–Crippen MR) is 69.3 cm³/mol. The Kier molecular flexibility index (Phi) is 6.29. The summed E-state index contributed by atoms with van der Waals surface area (Å²) in [5.74, 6) is -0.00151. The van der Waals surface area contributed by atoms with Crippen LogP contribution in [0.5, 0.6) is 0 Å². The highest BCUT2D eigenvalue weighted by atomic mass is 16.1. The quantitative estimate of drug-likeness (QED) is 0.615. The monoisotopic (exact) mass is 235 g/mol. The summed E-state index contributed by atoms with van der Waals surface area (Å²) in [5, 5.41) is 2.84. The molecule has 1 aromatic rings. The van der Waals surface area contributed by atoms with Crippen LogP contribution in [-0.4, -0.2) is 19.0 Å². The Morgan fingerprint density at radius 3 is 2.59 bits per heavy atom. The van der Waals surface area contributed by atoms with Crippen LogP contribution in [0.4, 0.5) is 0 Å². The summed E-state index contributed by atoms with van der Waals surface area (Å²) in [5.41, 5.74) is 12.3. The summed E-state index contributed by atoms with van der Waals surface area (Å²) in [4.78, 5) is 11.6. The molecular weight excluding hydrogens is 214 g/mol. The molecule has 0 bridgehead atoms. The molecule has 0 radical (unpaired) electrons. The van der Waals surface area contributed by atoms with E-state index >= 15 is 0 Å². The van der Waals surface area contributed by atoms with Gasteiger partial charge in [0.05, 0.1) is 0 Å². The zero-order valence-corrected chi connectivity index (χ0v) is 10.1. The van der Waals surface area contributed by atoms with Gasteiger partial charge in [0, 0.05) is 19.0 Å². The van der Waals surface area contributed by atoms with Crippen LogP contribution in [0.2, 0.25) is 0 Å². The van der Waals surface area contributed by atoms with Crippen molar-refractivity contribution in [1.29, 1.82) is 0 Å². The lowest BCUT2D eigenvalue weighted by molar-refractivity contribution is -0.121. The van der Waals surface area contributed by atoms with Gasteiger partial charge in [-0.3, -0.25) is 4.79 Å². The third-order valence-electron chi connectivity index (χ3n) is 2.59. The van der Waals surface area contributed by atoms with Gasteiger partial charge in [0.25, 0.3) is 0 Å². The number of hydrogen-bond donors (Lipinski definition) is 3. The fourth-order valence-electron chi connectivity index (χ4n) is 1.59. The van der Waals surface area contributed by atoms with Gasteiger partial charge in [-0.1, -0.05) is 30.3 Å². The van der Waals surface area contributed by atoms with Gasteiger partial charge in [-0.05, 0) is 24.9 Å². The first-order valence-corrected chi connectivity index (χ1v) is 6.01. The van der Waals surface area contributed by atoms with E-state index < -0.39 is 0 Å². The maximum absolute atomic E-state index is 11.6. The topological polar surface area (TPSA) is 81.1 Å². The average Bonchev–Trinajstić information content (AvgIpc) is 2.36. The van der Waals surface area contributed by atoms with Crippen LogP contribution in [0.1, 0.15) is 30.9 Å². The van der Waals surface area contributed by atoms with Gasteiger partial charge < -0.3 is 16.8 Å². The van der Waals surface area contributed by atoms with Crippen molar-refractivity contribution in [3.05, 3.63) is 35.9 Å². The van der Waals surface area contributed by atoms with Crippen molar-refractivity contribution >= 4 is 5.91 Å². The molecule has 17 heavy (non-hydrogen) atoms. The lowest BCUT2D eigenvalue weighted by Crippen LogP contribution is -2.28. The first-order valence-electron chi connectivity index (χ1n) is 6.01. The maximum atomic E-state index is 11.6. The van der Waals surface area contributed by atoms with Crippen molar-refractivity contribution in [2.45, 2.75) is 25.3 Å². The molecular formula is C13H21N3O. The normalized spacial score (nSPS) is 12.1. The van der Waals surface area contributed by atoms with E-state index in [1.165, 1.54) is 0 Å². The Bertz CT molecular complexity index is 327. The molecule has 0 spiro atoms. The van der Waals surface area contributed by atoms with E-state index in [0.29, 0.717) is 19.5 Å². The molecule has 5 N–H and O–H groups in total. The molecule has 0 aliphatic rings. The minimum atomic E-state index is -0.231. The largest absolute Gasteiger partial charge is 0.356 e. The summed E-state index contributed by atoms with van der Waals surface area (Å²) in [6.45, 7) is 1.34. The molecule has 4 heteroatoms. The highest BCUT2D eigenvalue weighted by Gasteiger charge is 2.10.